The van der Waals surface area contributed by atoms with Gasteiger partial charge in [0, 0.05) is 25.2 Å². The zero-order valence-corrected chi connectivity index (χ0v) is 25.1. The summed E-state index contributed by atoms with van der Waals surface area (Å²) in [5, 5.41) is 13.0. The van der Waals surface area contributed by atoms with Crippen LogP contribution in [0.2, 0.25) is 5.02 Å². The van der Waals surface area contributed by atoms with Crippen molar-refractivity contribution in [3.05, 3.63) is 34.9 Å². The number of likely N-dealkylation sites (tertiary alicyclic amines) is 1. The molecule has 0 saturated carbocycles. The summed E-state index contributed by atoms with van der Waals surface area (Å²) in [6, 6.07) is 6.47. The van der Waals surface area contributed by atoms with Crippen molar-refractivity contribution < 1.29 is 33.8 Å². The molecule has 0 bridgehead atoms. The first kappa shape index (κ1) is 34.2. The molecule has 2 unspecified atom stereocenters. The van der Waals surface area contributed by atoms with Crippen molar-refractivity contribution in [1.82, 2.24) is 15.5 Å². The number of rotatable bonds is 9. The Balaban J connectivity index is 0.00000371. The average molecular weight is 570 g/mol. The van der Waals surface area contributed by atoms with Crippen molar-refractivity contribution in [1.29, 1.82) is 0 Å². The van der Waals surface area contributed by atoms with E-state index in [0.717, 1.165) is 13.5 Å². The number of esters is 2. The van der Waals surface area contributed by atoms with Crippen LogP contribution in [0.25, 0.3) is 0 Å². The summed E-state index contributed by atoms with van der Waals surface area (Å²) in [5.74, 6) is -1.23. The normalized spacial score (nSPS) is 17.3. The highest BCUT2D eigenvalue weighted by molar-refractivity contribution is 6.30. The lowest BCUT2D eigenvalue weighted by Crippen LogP contribution is -2.59. The van der Waals surface area contributed by atoms with Gasteiger partial charge in [0.25, 0.3) is 0 Å². The van der Waals surface area contributed by atoms with Crippen LogP contribution in [0.5, 0.6) is 0 Å². The van der Waals surface area contributed by atoms with Crippen LogP contribution in [0.4, 0.5) is 4.79 Å². The molecule has 220 valence electrons. The third kappa shape index (κ3) is 10.7. The number of halogens is 1. The topological polar surface area (TPSA) is 134 Å². The number of hydrogen-bond donors (Lipinski definition) is 3. The van der Waals surface area contributed by atoms with Gasteiger partial charge >= 0.3 is 18.0 Å². The summed E-state index contributed by atoms with van der Waals surface area (Å²) >= 11 is 6.05. The van der Waals surface area contributed by atoms with Gasteiger partial charge in [-0.3, -0.25) is 14.4 Å². The minimum atomic E-state index is -1.35. The van der Waals surface area contributed by atoms with Gasteiger partial charge in [-0.25, -0.2) is 4.79 Å². The van der Waals surface area contributed by atoms with Gasteiger partial charge < -0.3 is 30.1 Å². The lowest BCUT2D eigenvalue weighted by molar-refractivity contribution is -0.160. The summed E-state index contributed by atoms with van der Waals surface area (Å²) < 4.78 is 9.80. The predicted octanol–water partition coefficient (Wildman–Crippen LogP) is 3.85. The second-order valence-electron chi connectivity index (χ2n) is 11.0. The number of urea groups is 1. The number of nitrogens with one attached hydrogen (secondary N) is 2. The maximum Gasteiger partial charge on any atom is 0.318 e. The first-order valence-corrected chi connectivity index (χ1v) is 13.4. The predicted molar refractivity (Wildman–Crippen MR) is 149 cm³/mol. The highest BCUT2D eigenvalue weighted by Gasteiger charge is 2.41. The Morgan fingerprint density at radius 2 is 1.67 bits per heavy atom. The van der Waals surface area contributed by atoms with Crippen molar-refractivity contribution in [2.45, 2.75) is 78.5 Å². The fourth-order valence-electron chi connectivity index (χ4n) is 4.69. The molecular weight excluding hydrogens is 526 g/mol. The number of nitrogens with zero attached hydrogens (tertiary/aromatic N) is 1. The van der Waals surface area contributed by atoms with Gasteiger partial charge in [0.05, 0.1) is 20.0 Å². The second kappa shape index (κ2) is 15.1. The zero-order valence-electron chi connectivity index (χ0n) is 24.3. The van der Waals surface area contributed by atoms with Gasteiger partial charge in [-0.05, 0) is 55.2 Å². The molecule has 1 aromatic carbocycles. The summed E-state index contributed by atoms with van der Waals surface area (Å²) in [5.41, 5.74) is -0.324. The number of aliphatic hydroxyl groups is 1. The summed E-state index contributed by atoms with van der Waals surface area (Å²) in [4.78, 5) is 51.4. The number of benzene rings is 1. The molecule has 0 radical (unpaired) electrons. The van der Waals surface area contributed by atoms with Crippen molar-refractivity contribution in [3.8, 4) is 0 Å². The van der Waals surface area contributed by atoms with Gasteiger partial charge in [-0.15, -0.1) is 0 Å². The number of hydrogen-bond acceptors (Lipinski definition) is 7. The van der Waals surface area contributed by atoms with Gasteiger partial charge in [0.15, 0.2) is 5.72 Å². The van der Waals surface area contributed by atoms with Crippen molar-refractivity contribution >= 4 is 35.5 Å². The van der Waals surface area contributed by atoms with Crippen LogP contribution in [-0.2, 0) is 23.9 Å². The number of methoxy groups -OCH3 is 1. The van der Waals surface area contributed by atoms with E-state index in [2.05, 4.69) is 29.2 Å². The molecule has 2 rings (SSSR count). The fraction of sp³-hybridized carbons (Fsp3) is 0.643. The first-order valence-electron chi connectivity index (χ1n) is 13.0. The Bertz CT molecular complexity index is 980. The molecule has 3 amide bonds. The molecule has 11 heteroatoms. The minimum Gasteiger partial charge on any atom is -0.469 e. The smallest absolute Gasteiger partial charge is 0.318 e. The Labute approximate surface area is 236 Å². The van der Waals surface area contributed by atoms with Crippen LogP contribution in [0, 0.1) is 11.3 Å². The van der Waals surface area contributed by atoms with Crippen LogP contribution in [0.1, 0.15) is 72.3 Å². The Morgan fingerprint density at radius 1 is 1.10 bits per heavy atom. The Kier molecular flexibility index (Phi) is 13.2. The Hall–Kier alpha value is -2.85. The Morgan fingerprint density at radius 3 is 2.18 bits per heavy atom. The van der Waals surface area contributed by atoms with Gasteiger partial charge in [0.1, 0.15) is 6.04 Å². The molecule has 1 aliphatic rings. The number of carbonyl (C=O) groups excluding carboxylic acids is 4. The quantitative estimate of drug-likeness (QED) is 0.304. The molecule has 1 heterocycles. The number of carbonyl (C=O) groups is 4. The SMILES string of the molecule is CO.COC(=O)CCC(=O)OC(C)(C)NC(=O)NC(C(=O)N1CCC(c2ccc(Cl)cc2)C(C)(C)C1)C(C)C. The number of amides is 3. The third-order valence-electron chi connectivity index (χ3n) is 6.58. The molecule has 1 aromatic rings. The summed E-state index contributed by atoms with van der Waals surface area (Å²) in [7, 11) is 2.23. The highest BCUT2D eigenvalue weighted by atomic mass is 35.5. The monoisotopic (exact) mass is 569 g/mol. The van der Waals surface area contributed by atoms with E-state index in [1.807, 2.05) is 43.0 Å². The van der Waals surface area contributed by atoms with Crippen LogP contribution >= 0.6 is 11.6 Å². The van der Waals surface area contributed by atoms with Crippen molar-refractivity contribution in [2.75, 3.05) is 27.3 Å². The van der Waals surface area contributed by atoms with E-state index >= 15 is 0 Å². The van der Waals surface area contributed by atoms with E-state index in [1.54, 1.807) is 0 Å². The van der Waals surface area contributed by atoms with E-state index < -0.39 is 29.7 Å². The van der Waals surface area contributed by atoms with E-state index in [0.29, 0.717) is 18.1 Å². The molecule has 3 N–H and O–H groups in total. The van der Waals surface area contributed by atoms with Gasteiger partial charge in [-0.2, -0.15) is 0 Å². The lowest BCUT2D eigenvalue weighted by Gasteiger charge is -2.45. The van der Waals surface area contributed by atoms with E-state index in [1.165, 1.54) is 26.5 Å². The summed E-state index contributed by atoms with van der Waals surface area (Å²) in [6.07, 6.45) is 0.507. The second-order valence-corrected chi connectivity index (χ2v) is 11.5. The van der Waals surface area contributed by atoms with E-state index in [4.69, 9.17) is 21.4 Å². The van der Waals surface area contributed by atoms with Crippen LogP contribution < -0.4 is 10.6 Å². The molecule has 1 fully saturated rings. The maximum atomic E-state index is 13.5. The number of ether oxygens (including phenoxy) is 2. The largest absolute Gasteiger partial charge is 0.469 e. The third-order valence-corrected chi connectivity index (χ3v) is 6.83. The molecule has 0 spiro atoms. The highest BCUT2D eigenvalue weighted by Crippen LogP contribution is 2.42. The molecule has 1 saturated heterocycles. The van der Waals surface area contributed by atoms with Crippen LogP contribution in [-0.4, -0.2) is 73.0 Å². The van der Waals surface area contributed by atoms with Crippen molar-refractivity contribution in [2.24, 2.45) is 11.3 Å². The maximum absolute atomic E-state index is 13.5. The molecule has 10 nitrogen and oxygen atoms in total. The number of piperidine rings is 1. The van der Waals surface area contributed by atoms with E-state index in [-0.39, 0.29) is 36.0 Å². The summed E-state index contributed by atoms with van der Waals surface area (Å²) in [6.45, 7) is 12.2. The van der Waals surface area contributed by atoms with Gasteiger partial charge in [-0.1, -0.05) is 51.4 Å². The number of aliphatic hydroxyl groups excluding tert-OH is 1. The van der Waals surface area contributed by atoms with E-state index in [9.17, 15) is 19.2 Å². The molecule has 39 heavy (non-hydrogen) atoms. The molecule has 2 atom stereocenters. The standard InChI is InChI=1S/C27H40ClN3O6.CH4O/c1-17(2)23(29-25(35)30-27(5,6)37-22(33)13-12-21(32)36-7)24(34)31-15-14-20(26(3,4)16-31)18-8-10-19(28)11-9-18;1-2/h8-11,17,20,23H,12-16H2,1-7H3,(H2,29,30,35);2H,1H3. The van der Waals surface area contributed by atoms with Crippen molar-refractivity contribution in [3.63, 3.8) is 0 Å². The molecule has 0 aromatic heterocycles. The first-order chi connectivity index (χ1) is 18.1. The molecule has 1 aliphatic heterocycles. The minimum absolute atomic E-state index is 0.118. The average Bonchev–Trinajstić information content (AvgIpc) is 2.86. The fourth-order valence-corrected chi connectivity index (χ4v) is 4.81. The molecular formula is C28H44ClN3O7. The van der Waals surface area contributed by atoms with Crippen LogP contribution in [0.3, 0.4) is 0 Å². The lowest BCUT2D eigenvalue weighted by atomic mass is 9.70. The van der Waals surface area contributed by atoms with Gasteiger partial charge in [0.2, 0.25) is 5.91 Å². The zero-order chi connectivity index (χ0) is 30.0. The molecule has 0 aliphatic carbocycles. The van der Waals surface area contributed by atoms with Crippen LogP contribution in [0.15, 0.2) is 24.3 Å².